The van der Waals surface area contributed by atoms with Gasteiger partial charge in [-0.2, -0.15) is 0 Å². The highest BCUT2D eigenvalue weighted by Gasteiger charge is 2.14. The molecule has 27 heavy (non-hydrogen) atoms. The number of hydrogen-bond donors (Lipinski definition) is 2. The normalized spacial score (nSPS) is 10.6. The first-order chi connectivity index (χ1) is 12.9. The summed E-state index contributed by atoms with van der Waals surface area (Å²) in [4.78, 5) is 34.2. The van der Waals surface area contributed by atoms with Crippen LogP contribution in [0.5, 0.6) is 0 Å². The van der Waals surface area contributed by atoms with Gasteiger partial charge >= 0.3 is 0 Å². The van der Waals surface area contributed by atoms with E-state index in [-0.39, 0.29) is 17.7 Å². The van der Waals surface area contributed by atoms with Crippen LogP contribution >= 0.6 is 0 Å². The lowest BCUT2D eigenvalue weighted by Gasteiger charge is -2.07. The zero-order valence-corrected chi connectivity index (χ0v) is 14.7. The molecular weight excluding hydrogens is 350 g/mol. The SMILES string of the molecule is Cc1ccc2c(CC(=O)NNC(=O)c3ccc([N+](=O)[O-])cc3)coc2c1C. The second-order valence-corrected chi connectivity index (χ2v) is 6.13. The highest BCUT2D eigenvalue weighted by atomic mass is 16.6. The fourth-order valence-electron chi connectivity index (χ4n) is 2.68. The maximum Gasteiger partial charge on any atom is 0.269 e. The van der Waals surface area contributed by atoms with Gasteiger partial charge < -0.3 is 4.42 Å². The molecule has 0 aliphatic carbocycles. The maximum absolute atomic E-state index is 12.1. The Kier molecular flexibility index (Phi) is 4.89. The van der Waals surface area contributed by atoms with Crippen molar-refractivity contribution in [3.05, 3.63) is 75.0 Å². The van der Waals surface area contributed by atoms with Gasteiger partial charge in [0.15, 0.2) is 0 Å². The number of furan rings is 1. The predicted octanol–water partition coefficient (Wildman–Crippen LogP) is 2.96. The van der Waals surface area contributed by atoms with Crippen molar-refractivity contribution in [2.45, 2.75) is 20.3 Å². The molecular formula is C19H17N3O5. The Morgan fingerprint density at radius 1 is 1.07 bits per heavy atom. The van der Waals surface area contributed by atoms with Gasteiger partial charge in [0.25, 0.3) is 11.6 Å². The number of amides is 2. The number of hydrogen-bond acceptors (Lipinski definition) is 5. The summed E-state index contributed by atoms with van der Waals surface area (Å²) >= 11 is 0. The van der Waals surface area contributed by atoms with Crippen molar-refractivity contribution in [1.82, 2.24) is 10.9 Å². The summed E-state index contributed by atoms with van der Waals surface area (Å²) in [5.74, 6) is -0.979. The molecule has 2 aromatic carbocycles. The lowest BCUT2D eigenvalue weighted by Crippen LogP contribution is -2.42. The molecule has 0 fully saturated rings. The highest BCUT2D eigenvalue weighted by Crippen LogP contribution is 2.26. The Morgan fingerprint density at radius 2 is 1.78 bits per heavy atom. The predicted molar refractivity (Wildman–Crippen MR) is 98.1 cm³/mol. The Bertz CT molecular complexity index is 1040. The van der Waals surface area contributed by atoms with Gasteiger partial charge in [0.1, 0.15) is 5.58 Å². The first kappa shape index (κ1) is 18.1. The summed E-state index contributed by atoms with van der Waals surface area (Å²) in [5, 5.41) is 11.5. The zero-order chi connectivity index (χ0) is 19.6. The van der Waals surface area contributed by atoms with Gasteiger partial charge in [-0.1, -0.05) is 12.1 Å². The Hall–Kier alpha value is -3.68. The van der Waals surface area contributed by atoms with Crippen molar-refractivity contribution < 1.29 is 18.9 Å². The summed E-state index contributed by atoms with van der Waals surface area (Å²) in [6.45, 7) is 3.94. The fourth-order valence-corrected chi connectivity index (χ4v) is 2.68. The Morgan fingerprint density at radius 3 is 2.44 bits per heavy atom. The molecule has 3 rings (SSSR count). The van der Waals surface area contributed by atoms with Crippen molar-refractivity contribution in [1.29, 1.82) is 0 Å². The Balaban J connectivity index is 1.62. The zero-order valence-electron chi connectivity index (χ0n) is 14.7. The number of hydrazine groups is 1. The minimum Gasteiger partial charge on any atom is -0.464 e. The average Bonchev–Trinajstić information content (AvgIpc) is 3.06. The number of non-ortho nitro benzene ring substituents is 1. The lowest BCUT2D eigenvalue weighted by atomic mass is 10.0. The fraction of sp³-hybridized carbons (Fsp3) is 0.158. The molecule has 0 aliphatic heterocycles. The van der Waals surface area contributed by atoms with Gasteiger partial charge in [0.2, 0.25) is 5.91 Å². The Labute approximate surface area is 154 Å². The lowest BCUT2D eigenvalue weighted by molar-refractivity contribution is -0.384. The minimum atomic E-state index is -0.568. The third-order valence-electron chi connectivity index (χ3n) is 4.35. The molecule has 8 nitrogen and oxygen atoms in total. The number of nitrogens with one attached hydrogen (secondary N) is 2. The van der Waals surface area contributed by atoms with Crippen LogP contribution in [-0.2, 0) is 11.2 Å². The topological polar surface area (TPSA) is 114 Å². The number of benzene rings is 2. The molecule has 0 unspecified atom stereocenters. The molecule has 0 saturated heterocycles. The van der Waals surface area contributed by atoms with Gasteiger partial charge in [-0.15, -0.1) is 0 Å². The number of rotatable bonds is 4. The van der Waals surface area contributed by atoms with E-state index >= 15 is 0 Å². The summed E-state index contributed by atoms with van der Waals surface area (Å²) in [7, 11) is 0. The average molecular weight is 367 g/mol. The van der Waals surface area contributed by atoms with Crippen molar-refractivity contribution in [3.63, 3.8) is 0 Å². The molecule has 0 saturated carbocycles. The molecule has 0 bridgehead atoms. The third kappa shape index (κ3) is 3.79. The standard InChI is InChI=1S/C19H17N3O5/c1-11-3-8-16-14(10-27-18(16)12(11)2)9-17(23)20-21-19(24)13-4-6-15(7-5-13)22(25)26/h3-8,10H,9H2,1-2H3,(H,20,23)(H,21,24). The molecule has 3 aromatic rings. The second kappa shape index (κ2) is 7.28. The summed E-state index contributed by atoms with van der Waals surface area (Å²) in [5.41, 5.74) is 8.28. The molecule has 138 valence electrons. The van der Waals surface area contributed by atoms with Crippen molar-refractivity contribution in [3.8, 4) is 0 Å². The van der Waals surface area contributed by atoms with Crippen molar-refractivity contribution in [2.75, 3.05) is 0 Å². The van der Waals surface area contributed by atoms with Crippen LogP contribution < -0.4 is 10.9 Å². The molecule has 2 N–H and O–H groups in total. The number of nitrogens with zero attached hydrogens (tertiary/aromatic N) is 1. The van der Waals surface area contributed by atoms with Crippen molar-refractivity contribution >= 4 is 28.5 Å². The molecule has 1 aromatic heterocycles. The minimum absolute atomic E-state index is 0.0377. The van der Waals surface area contributed by atoms with E-state index in [1.807, 2.05) is 26.0 Å². The smallest absolute Gasteiger partial charge is 0.269 e. The van der Waals surface area contributed by atoms with E-state index in [2.05, 4.69) is 10.9 Å². The van der Waals surface area contributed by atoms with E-state index in [9.17, 15) is 19.7 Å². The number of fused-ring (bicyclic) bond motifs is 1. The molecule has 0 atom stereocenters. The monoisotopic (exact) mass is 367 g/mol. The van der Waals surface area contributed by atoms with Gasteiger partial charge in [-0.25, -0.2) is 0 Å². The number of nitro benzene ring substituents is 1. The molecule has 8 heteroatoms. The van der Waals surface area contributed by atoms with E-state index in [0.717, 1.165) is 27.7 Å². The van der Waals surface area contributed by atoms with Gasteiger partial charge in [0.05, 0.1) is 17.6 Å². The number of carbonyl (C=O) groups is 2. The van der Waals surface area contributed by atoms with Crippen LogP contribution in [-0.4, -0.2) is 16.7 Å². The summed E-state index contributed by atoms with van der Waals surface area (Å²) in [6.07, 6.45) is 1.57. The largest absolute Gasteiger partial charge is 0.464 e. The van der Waals surface area contributed by atoms with Crippen LogP contribution in [0.4, 0.5) is 5.69 Å². The summed E-state index contributed by atoms with van der Waals surface area (Å²) in [6, 6.07) is 8.93. The highest BCUT2D eigenvalue weighted by molar-refractivity contribution is 5.96. The number of carbonyl (C=O) groups excluding carboxylic acids is 2. The van der Waals surface area contributed by atoms with Gasteiger partial charge in [0, 0.05) is 28.6 Å². The van der Waals surface area contributed by atoms with E-state index in [0.29, 0.717) is 0 Å². The molecule has 0 spiro atoms. The van der Waals surface area contributed by atoms with Crippen molar-refractivity contribution in [2.24, 2.45) is 0 Å². The second-order valence-electron chi connectivity index (χ2n) is 6.13. The van der Waals surface area contributed by atoms with Crippen LogP contribution in [0.1, 0.15) is 27.0 Å². The third-order valence-corrected chi connectivity index (χ3v) is 4.35. The first-order valence-corrected chi connectivity index (χ1v) is 8.16. The van der Waals surface area contributed by atoms with Crippen LogP contribution in [0, 0.1) is 24.0 Å². The molecule has 1 heterocycles. The van der Waals surface area contributed by atoms with Crippen LogP contribution in [0.2, 0.25) is 0 Å². The van der Waals surface area contributed by atoms with E-state index in [1.165, 1.54) is 30.5 Å². The van der Waals surface area contributed by atoms with E-state index in [4.69, 9.17) is 4.42 Å². The molecule has 2 amide bonds. The number of nitro groups is 1. The molecule has 0 radical (unpaired) electrons. The van der Waals surface area contributed by atoms with Crippen LogP contribution in [0.25, 0.3) is 11.0 Å². The quantitative estimate of drug-likeness (QED) is 0.543. The number of aryl methyl sites for hydroxylation is 2. The summed E-state index contributed by atoms with van der Waals surface area (Å²) < 4.78 is 5.56. The van der Waals surface area contributed by atoms with Crippen LogP contribution in [0.3, 0.4) is 0 Å². The maximum atomic E-state index is 12.1. The first-order valence-electron chi connectivity index (χ1n) is 8.16. The molecule has 0 aliphatic rings. The van der Waals surface area contributed by atoms with E-state index < -0.39 is 16.7 Å². The van der Waals surface area contributed by atoms with Gasteiger partial charge in [-0.3, -0.25) is 30.6 Å². The van der Waals surface area contributed by atoms with Crippen LogP contribution in [0.15, 0.2) is 47.1 Å². The van der Waals surface area contributed by atoms with Gasteiger partial charge in [-0.05, 0) is 37.1 Å². The van der Waals surface area contributed by atoms with E-state index in [1.54, 1.807) is 0 Å².